The summed E-state index contributed by atoms with van der Waals surface area (Å²) in [6, 6.07) is 26.1. The zero-order valence-corrected chi connectivity index (χ0v) is 31.5. The SMILES string of the molecule is CCn1c(-c2cc(Cl)ccc2C(=O)N2Cc3ccccc3C[C@H]2CN2CCOCC2)cc(C(=O)N(c2ccc(O)cc2)c2cnc3c(ccn3C)c2)c1C. The fourth-order valence-corrected chi connectivity index (χ4v) is 8.18. The third-order valence-electron chi connectivity index (χ3n) is 10.9. The molecule has 6 aromatic rings. The van der Waals surface area contributed by atoms with Crippen molar-refractivity contribution in [2.75, 3.05) is 37.7 Å². The lowest BCUT2D eigenvalue weighted by molar-refractivity contribution is 0.0193. The number of benzene rings is 3. The molecule has 10 nitrogen and oxygen atoms in total. The molecule has 0 radical (unpaired) electrons. The van der Waals surface area contributed by atoms with E-state index in [9.17, 15) is 14.7 Å². The number of fused-ring (bicyclic) bond motifs is 2. The number of carbonyl (C=O) groups is 2. The number of phenols is 1. The molecule has 1 saturated heterocycles. The number of halogens is 1. The van der Waals surface area contributed by atoms with Crippen LogP contribution in [0.2, 0.25) is 5.02 Å². The number of nitrogens with zero attached hydrogens (tertiary/aromatic N) is 6. The summed E-state index contributed by atoms with van der Waals surface area (Å²) in [5.41, 5.74) is 7.56. The molecule has 2 amide bonds. The van der Waals surface area contributed by atoms with Crippen LogP contribution in [0.4, 0.5) is 11.4 Å². The van der Waals surface area contributed by atoms with Crippen molar-refractivity contribution in [3.63, 3.8) is 0 Å². The summed E-state index contributed by atoms with van der Waals surface area (Å²) in [6.07, 6.45) is 4.39. The average Bonchev–Trinajstić information content (AvgIpc) is 3.73. The maximum absolute atomic E-state index is 14.9. The molecular weight excluding hydrogens is 700 g/mol. The number of phenolic OH excluding ortho intramolecular Hbond substituents is 1. The highest BCUT2D eigenvalue weighted by Gasteiger charge is 2.34. The van der Waals surface area contributed by atoms with Crippen LogP contribution in [-0.4, -0.2) is 79.7 Å². The van der Waals surface area contributed by atoms with Crippen LogP contribution >= 0.6 is 11.6 Å². The summed E-state index contributed by atoms with van der Waals surface area (Å²) in [4.78, 5) is 40.5. The van der Waals surface area contributed by atoms with E-state index in [0.717, 1.165) is 54.0 Å². The van der Waals surface area contributed by atoms with Gasteiger partial charge < -0.3 is 23.9 Å². The maximum Gasteiger partial charge on any atom is 0.264 e. The molecule has 3 aromatic heterocycles. The number of hydrogen-bond donors (Lipinski definition) is 1. The summed E-state index contributed by atoms with van der Waals surface area (Å²) in [5, 5.41) is 11.5. The summed E-state index contributed by atoms with van der Waals surface area (Å²) in [6.45, 7) is 8.83. The smallest absolute Gasteiger partial charge is 0.264 e. The van der Waals surface area contributed by atoms with Crippen molar-refractivity contribution >= 4 is 45.8 Å². The number of morpholine rings is 1. The van der Waals surface area contributed by atoms with E-state index >= 15 is 0 Å². The lowest BCUT2D eigenvalue weighted by Crippen LogP contribution is -2.52. The Morgan fingerprint density at radius 3 is 2.46 bits per heavy atom. The zero-order chi connectivity index (χ0) is 37.5. The number of pyridine rings is 1. The minimum Gasteiger partial charge on any atom is -0.508 e. The van der Waals surface area contributed by atoms with Crippen LogP contribution in [0.5, 0.6) is 5.75 Å². The fraction of sp³-hybridized carbons (Fsp3) is 0.279. The van der Waals surface area contributed by atoms with Gasteiger partial charge in [0.15, 0.2) is 0 Å². The Bertz CT molecular complexity index is 2360. The fourth-order valence-electron chi connectivity index (χ4n) is 8.00. The third-order valence-corrected chi connectivity index (χ3v) is 11.1. The zero-order valence-electron chi connectivity index (χ0n) is 30.7. The molecule has 0 aliphatic carbocycles. The van der Waals surface area contributed by atoms with Crippen molar-refractivity contribution in [3.8, 4) is 17.0 Å². The summed E-state index contributed by atoms with van der Waals surface area (Å²) in [7, 11) is 1.93. The van der Waals surface area contributed by atoms with Gasteiger partial charge >= 0.3 is 0 Å². The number of rotatable bonds is 8. The molecule has 8 rings (SSSR count). The van der Waals surface area contributed by atoms with Gasteiger partial charge in [0.2, 0.25) is 0 Å². The van der Waals surface area contributed by atoms with E-state index in [1.54, 1.807) is 41.4 Å². The number of anilines is 2. The number of aryl methyl sites for hydroxylation is 1. The van der Waals surface area contributed by atoms with Gasteiger partial charge in [-0.1, -0.05) is 35.9 Å². The topological polar surface area (TPSA) is 96.1 Å². The largest absolute Gasteiger partial charge is 0.508 e. The van der Waals surface area contributed by atoms with Crippen molar-refractivity contribution in [1.82, 2.24) is 23.9 Å². The lowest BCUT2D eigenvalue weighted by atomic mass is 9.92. The Hall–Kier alpha value is -5.42. The number of amides is 2. The molecule has 0 saturated carbocycles. The van der Waals surface area contributed by atoms with Crippen LogP contribution in [0, 0.1) is 6.92 Å². The van der Waals surface area contributed by atoms with Gasteiger partial charge in [0.1, 0.15) is 11.4 Å². The molecule has 2 aliphatic heterocycles. The second-order valence-electron chi connectivity index (χ2n) is 14.1. The summed E-state index contributed by atoms with van der Waals surface area (Å²) < 4.78 is 9.63. The van der Waals surface area contributed by atoms with Crippen molar-refractivity contribution in [2.45, 2.75) is 39.4 Å². The molecule has 0 unspecified atom stereocenters. The van der Waals surface area contributed by atoms with Gasteiger partial charge in [-0.2, -0.15) is 0 Å². The van der Waals surface area contributed by atoms with Crippen LogP contribution in [0.3, 0.4) is 0 Å². The van der Waals surface area contributed by atoms with E-state index in [1.165, 1.54) is 5.56 Å². The molecular formula is C43H43ClN6O4. The number of hydrogen-bond acceptors (Lipinski definition) is 6. The van der Waals surface area contributed by atoms with Gasteiger partial charge in [-0.15, -0.1) is 0 Å². The van der Waals surface area contributed by atoms with Crippen LogP contribution in [0.15, 0.2) is 97.3 Å². The van der Waals surface area contributed by atoms with Crippen LogP contribution in [0.1, 0.15) is 44.5 Å². The number of aromatic nitrogens is 3. The van der Waals surface area contributed by atoms with Crippen LogP contribution in [0.25, 0.3) is 22.3 Å². The normalized spacial score (nSPS) is 16.1. The summed E-state index contributed by atoms with van der Waals surface area (Å²) >= 11 is 6.70. The van der Waals surface area contributed by atoms with E-state index in [-0.39, 0.29) is 23.6 Å². The Morgan fingerprint density at radius 1 is 0.944 bits per heavy atom. The first-order chi connectivity index (χ1) is 26.2. The van der Waals surface area contributed by atoms with E-state index < -0.39 is 0 Å². The molecule has 0 bridgehead atoms. The van der Waals surface area contributed by atoms with Crippen LogP contribution < -0.4 is 4.90 Å². The third kappa shape index (κ3) is 6.66. The van der Waals surface area contributed by atoms with Gasteiger partial charge in [-0.05, 0) is 92.1 Å². The van der Waals surface area contributed by atoms with E-state index in [2.05, 4.69) is 32.7 Å². The molecule has 5 heterocycles. The average molecular weight is 743 g/mol. The molecule has 3 aromatic carbocycles. The number of ether oxygens (including phenoxy) is 1. The van der Waals surface area contributed by atoms with Gasteiger partial charge in [-0.25, -0.2) is 4.98 Å². The molecule has 1 N–H and O–H groups in total. The van der Waals surface area contributed by atoms with E-state index in [1.807, 2.05) is 73.0 Å². The minimum atomic E-state index is -0.267. The lowest BCUT2D eigenvalue weighted by Gasteiger charge is -2.40. The first-order valence-corrected chi connectivity index (χ1v) is 18.8. The second-order valence-corrected chi connectivity index (χ2v) is 14.6. The molecule has 276 valence electrons. The minimum absolute atomic E-state index is 0.0275. The predicted molar refractivity (Wildman–Crippen MR) is 212 cm³/mol. The first-order valence-electron chi connectivity index (χ1n) is 18.4. The van der Waals surface area contributed by atoms with Gasteiger partial charge in [0, 0.05) is 90.6 Å². The van der Waals surface area contributed by atoms with E-state index in [0.29, 0.717) is 59.4 Å². The van der Waals surface area contributed by atoms with E-state index in [4.69, 9.17) is 16.3 Å². The van der Waals surface area contributed by atoms with Crippen molar-refractivity contribution in [2.24, 2.45) is 7.05 Å². The molecule has 54 heavy (non-hydrogen) atoms. The van der Waals surface area contributed by atoms with Crippen LogP contribution in [-0.2, 0) is 31.3 Å². The molecule has 0 spiro atoms. The van der Waals surface area contributed by atoms with Crippen molar-refractivity contribution < 1.29 is 19.4 Å². The highest BCUT2D eigenvalue weighted by Crippen LogP contribution is 2.37. The van der Waals surface area contributed by atoms with Crippen molar-refractivity contribution in [3.05, 3.63) is 130 Å². The Morgan fingerprint density at radius 2 is 1.70 bits per heavy atom. The van der Waals surface area contributed by atoms with Gasteiger partial charge in [0.25, 0.3) is 11.8 Å². The Labute approximate surface area is 319 Å². The summed E-state index contributed by atoms with van der Waals surface area (Å²) in [5.74, 6) is -0.241. The molecule has 1 fully saturated rings. The highest BCUT2D eigenvalue weighted by molar-refractivity contribution is 6.31. The second kappa shape index (κ2) is 14.8. The number of carbonyl (C=O) groups excluding carboxylic acids is 2. The van der Waals surface area contributed by atoms with Gasteiger partial charge in [-0.3, -0.25) is 19.4 Å². The quantitative estimate of drug-likeness (QED) is 0.173. The molecule has 2 aliphatic rings. The standard InChI is InChI=1S/C43H43ClN6O4/c1-4-48-28(2)38(43(53)50(33-10-12-36(51)13-11-33)34-22-30-15-16-46(3)41(30)45-25-34)24-40(48)39-23-32(44)9-14-37(39)42(52)49-26-31-8-6-5-7-29(31)21-35(49)27-47-17-19-54-20-18-47/h5-16,22-25,35,51H,4,17-21,26-27H2,1-3H3/t35-/m0/s1. The van der Waals surface area contributed by atoms with Crippen molar-refractivity contribution in [1.29, 1.82) is 0 Å². The Balaban J connectivity index is 1.20. The molecule has 11 heteroatoms. The van der Waals surface area contributed by atoms with Gasteiger partial charge in [0.05, 0.1) is 30.7 Å². The maximum atomic E-state index is 14.9. The molecule has 1 atom stereocenters. The monoisotopic (exact) mass is 742 g/mol. The number of aromatic hydroxyl groups is 1. The first kappa shape index (κ1) is 35.6. The highest BCUT2D eigenvalue weighted by atomic mass is 35.5. The Kier molecular flexibility index (Phi) is 9.74. The predicted octanol–water partition coefficient (Wildman–Crippen LogP) is 7.61.